The molecule has 0 heterocycles. The van der Waals surface area contributed by atoms with Crippen LogP contribution < -0.4 is 15.5 Å². The Morgan fingerprint density at radius 2 is 1.31 bits per heavy atom. The Bertz CT molecular complexity index is 913. The van der Waals surface area contributed by atoms with Crippen LogP contribution in [0.1, 0.15) is 44.3 Å². The summed E-state index contributed by atoms with van der Waals surface area (Å²) in [6.45, 7) is 2.91. The number of hydrogen-bond donors (Lipinski definition) is 7. The van der Waals surface area contributed by atoms with Crippen molar-refractivity contribution in [2.24, 2.45) is 0 Å². The highest BCUT2D eigenvalue weighted by molar-refractivity contribution is 6.08. The second kappa shape index (κ2) is 14.0. The number of halogens is 1. The molecule has 3 unspecified atom stereocenters. The van der Waals surface area contributed by atoms with Crippen LogP contribution in [0.15, 0.2) is 0 Å². The number of nitrogens with one attached hydrogen (secondary N) is 2. The van der Waals surface area contributed by atoms with Crippen molar-refractivity contribution < 1.29 is 49.4 Å². The Labute approximate surface area is 202 Å². The van der Waals surface area contributed by atoms with Crippen LogP contribution >= 0.6 is 0 Å². The zero-order chi connectivity index (χ0) is 26.9. The lowest BCUT2D eigenvalue weighted by Crippen LogP contribution is -2.40. The Kier molecular flexibility index (Phi) is 12.2. The van der Waals surface area contributed by atoms with Gasteiger partial charge >= 0.3 is 0 Å². The minimum Gasteiger partial charge on any atom is -0.394 e. The van der Waals surface area contributed by atoms with Gasteiger partial charge in [0.15, 0.2) is 0 Å². The van der Waals surface area contributed by atoms with Crippen LogP contribution in [0.25, 0.3) is 0 Å². The molecule has 1 aromatic rings. The molecule has 0 fully saturated rings. The van der Waals surface area contributed by atoms with E-state index < -0.39 is 55.9 Å². The van der Waals surface area contributed by atoms with Gasteiger partial charge in [-0.2, -0.15) is 4.94 Å². The van der Waals surface area contributed by atoms with Crippen molar-refractivity contribution in [3.63, 3.8) is 0 Å². The lowest BCUT2D eigenvalue weighted by molar-refractivity contribution is -0.156. The van der Waals surface area contributed by atoms with Gasteiger partial charge in [-0.05, 0) is 42.0 Å². The zero-order valence-corrected chi connectivity index (χ0v) is 20.2. The first-order valence-electron chi connectivity index (χ1n) is 10.9. The third kappa shape index (κ3) is 7.92. The summed E-state index contributed by atoms with van der Waals surface area (Å²) in [4.78, 5) is 43.1. The molecule has 0 aliphatic heterocycles. The molecule has 198 valence electrons. The van der Waals surface area contributed by atoms with Crippen LogP contribution in [0.5, 0.6) is 0 Å². The van der Waals surface area contributed by atoms with Gasteiger partial charge in [0, 0.05) is 31.1 Å². The van der Waals surface area contributed by atoms with Gasteiger partial charge in [0.25, 0.3) is 11.8 Å². The molecule has 7 N–H and O–H groups in total. The average Bonchev–Trinajstić information content (AvgIpc) is 2.80. The minimum absolute atomic E-state index is 0.00318. The fourth-order valence-corrected chi connectivity index (χ4v) is 3.73. The van der Waals surface area contributed by atoms with Gasteiger partial charge in [-0.3, -0.25) is 14.4 Å². The molecule has 13 heteroatoms. The molecule has 0 radical (unpaired) electrons. The number of aliphatic hydroxyl groups excluding tert-OH is 5. The maximum Gasteiger partial charge on any atom is 0.252 e. The van der Waals surface area contributed by atoms with Gasteiger partial charge in [0.2, 0.25) is 5.91 Å². The molecule has 3 atom stereocenters. The van der Waals surface area contributed by atoms with Crippen LogP contribution in [-0.2, 0) is 9.74 Å². The first-order valence-corrected chi connectivity index (χ1v) is 10.9. The molecule has 0 saturated carbocycles. The first kappa shape index (κ1) is 30.4. The summed E-state index contributed by atoms with van der Waals surface area (Å²) in [6.07, 6.45) is -3.87. The van der Waals surface area contributed by atoms with Crippen LogP contribution in [0.4, 0.5) is 10.2 Å². The normalized spacial score (nSPS) is 13.7. The van der Waals surface area contributed by atoms with E-state index in [1.165, 1.54) is 27.7 Å². The molecular formula is C22H34FN3O9. The smallest absolute Gasteiger partial charge is 0.252 e. The molecule has 0 spiro atoms. The van der Waals surface area contributed by atoms with Crippen molar-refractivity contribution in [3.05, 3.63) is 27.8 Å². The van der Waals surface area contributed by atoms with E-state index in [1.807, 2.05) is 0 Å². The van der Waals surface area contributed by atoms with Gasteiger partial charge in [0.1, 0.15) is 6.61 Å². The Morgan fingerprint density at radius 1 is 0.857 bits per heavy atom. The Hall–Kier alpha value is -2.68. The first-order chi connectivity index (χ1) is 16.4. The lowest BCUT2D eigenvalue weighted by atomic mass is 9.89. The number of rotatable bonds is 13. The van der Waals surface area contributed by atoms with Crippen LogP contribution in [0.2, 0.25) is 0 Å². The van der Waals surface area contributed by atoms with E-state index in [0.29, 0.717) is 5.56 Å². The maximum absolute atomic E-state index is 13.1. The van der Waals surface area contributed by atoms with Gasteiger partial charge < -0.3 is 41.1 Å². The van der Waals surface area contributed by atoms with Crippen LogP contribution in [-0.4, -0.2) is 101 Å². The Morgan fingerprint density at radius 3 is 1.71 bits per heavy atom. The maximum atomic E-state index is 13.1. The van der Waals surface area contributed by atoms with Crippen molar-refractivity contribution in [3.8, 4) is 0 Å². The number of anilines is 1. The number of benzene rings is 1. The largest absolute Gasteiger partial charge is 0.394 e. The molecule has 12 nitrogen and oxygen atoms in total. The summed E-state index contributed by atoms with van der Waals surface area (Å²) in [5, 5.41) is 52.4. The fraction of sp³-hybridized carbons (Fsp3) is 0.591. The average molecular weight is 504 g/mol. The van der Waals surface area contributed by atoms with E-state index in [1.54, 1.807) is 0 Å². The van der Waals surface area contributed by atoms with Gasteiger partial charge in [-0.1, -0.05) is 0 Å². The molecular weight excluding hydrogens is 469 g/mol. The van der Waals surface area contributed by atoms with E-state index in [0.717, 1.165) is 4.90 Å². The van der Waals surface area contributed by atoms with E-state index in [9.17, 15) is 39.3 Å². The third-order valence-corrected chi connectivity index (χ3v) is 5.38. The van der Waals surface area contributed by atoms with E-state index in [4.69, 9.17) is 5.11 Å². The van der Waals surface area contributed by atoms with Gasteiger partial charge in [0.05, 0.1) is 43.8 Å². The fourth-order valence-electron chi connectivity index (χ4n) is 3.73. The third-order valence-electron chi connectivity index (χ3n) is 5.38. The van der Waals surface area contributed by atoms with Crippen molar-refractivity contribution in [2.45, 2.75) is 46.0 Å². The van der Waals surface area contributed by atoms with Crippen molar-refractivity contribution in [2.75, 3.05) is 44.4 Å². The van der Waals surface area contributed by atoms with Gasteiger partial charge in [-0.15, -0.1) is 0 Å². The van der Waals surface area contributed by atoms with Gasteiger partial charge in [-0.25, -0.2) is 0 Å². The second-order valence-electron chi connectivity index (χ2n) is 8.13. The second-order valence-corrected chi connectivity index (χ2v) is 8.13. The Balaban J connectivity index is 3.69. The zero-order valence-electron chi connectivity index (χ0n) is 20.2. The summed E-state index contributed by atoms with van der Waals surface area (Å²) in [6, 6.07) is 0. The lowest BCUT2D eigenvalue weighted by Gasteiger charge is -2.30. The molecule has 3 amide bonds. The summed E-state index contributed by atoms with van der Waals surface area (Å²) < 4.78 is 12.0. The molecule has 0 aromatic heterocycles. The SMILES string of the molecule is CC(=O)N(CC(O)CO)c1c(C)c(C(=O)NCC(O)CO)c(C)c(C(=O)NCC(O)COF)c1C. The number of nitrogens with zero attached hydrogens (tertiary/aromatic N) is 1. The van der Waals surface area contributed by atoms with E-state index >= 15 is 0 Å². The monoisotopic (exact) mass is 503 g/mol. The number of amides is 3. The minimum atomic E-state index is -1.34. The summed E-state index contributed by atoms with van der Waals surface area (Å²) in [5.74, 6) is -1.95. The van der Waals surface area contributed by atoms with E-state index in [-0.39, 0.29) is 47.6 Å². The highest BCUT2D eigenvalue weighted by atomic mass is 19.3. The standard InChI is InChI=1S/C22H34FN3O9/c1-11-18(21(33)24-5-15(30)8-27)12(2)20(26(14(4)29)7-17(32)9-28)13(3)19(11)22(34)25-6-16(31)10-35-23/h15-17,27-28,30-32H,5-10H2,1-4H3,(H,24,33)(H,25,34). The van der Waals surface area contributed by atoms with Crippen molar-refractivity contribution >= 4 is 23.4 Å². The summed E-state index contributed by atoms with van der Waals surface area (Å²) in [5.41, 5.74) is 0.954. The molecule has 0 bridgehead atoms. The van der Waals surface area contributed by atoms with Crippen molar-refractivity contribution in [1.82, 2.24) is 10.6 Å². The molecule has 0 saturated heterocycles. The summed E-state index contributed by atoms with van der Waals surface area (Å²) >= 11 is 0. The molecule has 0 aliphatic carbocycles. The highest BCUT2D eigenvalue weighted by Gasteiger charge is 2.30. The van der Waals surface area contributed by atoms with Crippen LogP contribution in [0, 0.1) is 20.8 Å². The molecule has 1 rings (SSSR count). The number of hydrogen-bond acceptors (Lipinski definition) is 9. The van der Waals surface area contributed by atoms with E-state index in [2.05, 4.69) is 15.6 Å². The molecule has 1 aromatic carbocycles. The predicted molar refractivity (Wildman–Crippen MR) is 123 cm³/mol. The predicted octanol–water partition coefficient (Wildman–Crippen LogP) is -1.61. The van der Waals surface area contributed by atoms with Crippen LogP contribution in [0.3, 0.4) is 0 Å². The number of carbonyl (C=O) groups is 3. The highest BCUT2D eigenvalue weighted by Crippen LogP contribution is 2.34. The molecule has 35 heavy (non-hydrogen) atoms. The quantitative estimate of drug-likeness (QED) is 0.166. The van der Waals surface area contributed by atoms with Crippen molar-refractivity contribution in [1.29, 1.82) is 0 Å². The number of carbonyl (C=O) groups excluding carboxylic acids is 3. The molecule has 0 aliphatic rings. The number of aliphatic hydroxyl groups is 5. The topological polar surface area (TPSA) is 189 Å². The summed E-state index contributed by atoms with van der Waals surface area (Å²) in [7, 11) is 0.